The minimum absolute atomic E-state index is 0.237. The van der Waals surface area contributed by atoms with Crippen LogP contribution in [0.1, 0.15) is 27.3 Å². The molecule has 0 aliphatic heterocycles. The second-order valence-corrected chi connectivity index (χ2v) is 5.93. The van der Waals surface area contributed by atoms with Gasteiger partial charge in [0.2, 0.25) is 0 Å². The molecule has 0 saturated heterocycles. The van der Waals surface area contributed by atoms with Crippen LogP contribution in [0.15, 0.2) is 65.8 Å². The van der Waals surface area contributed by atoms with Crippen molar-refractivity contribution in [3.63, 3.8) is 0 Å². The van der Waals surface area contributed by atoms with Crippen molar-refractivity contribution in [1.29, 1.82) is 0 Å². The maximum atomic E-state index is 12.5. The number of para-hydroxylation sites is 1. The summed E-state index contributed by atoms with van der Waals surface area (Å²) in [5.74, 6) is 0.506. The molecule has 132 valence electrons. The number of carbonyl (C=O) groups is 1. The van der Waals surface area contributed by atoms with Crippen LogP contribution in [0.2, 0.25) is 0 Å². The molecule has 3 rings (SSSR count). The van der Waals surface area contributed by atoms with E-state index in [9.17, 15) is 4.79 Å². The zero-order valence-corrected chi connectivity index (χ0v) is 15.1. The van der Waals surface area contributed by atoms with Gasteiger partial charge in [0, 0.05) is 17.1 Å². The van der Waals surface area contributed by atoms with Gasteiger partial charge in [0.05, 0.1) is 18.9 Å². The van der Waals surface area contributed by atoms with Crippen molar-refractivity contribution in [3.8, 4) is 11.4 Å². The van der Waals surface area contributed by atoms with Crippen LogP contribution in [0.5, 0.6) is 5.75 Å². The van der Waals surface area contributed by atoms with Gasteiger partial charge in [0.1, 0.15) is 5.75 Å². The summed E-state index contributed by atoms with van der Waals surface area (Å²) >= 11 is 0. The fourth-order valence-electron chi connectivity index (χ4n) is 2.91. The second kappa shape index (κ2) is 7.70. The van der Waals surface area contributed by atoms with E-state index in [0.29, 0.717) is 5.56 Å². The quantitative estimate of drug-likeness (QED) is 0.563. The van der Waals surface area contributed by atoms with E-state index < -0.39 is 0 Å². The van der Waals surface area contributed by atoms with Gasteiger partial charge in [-0.2, -0.15) is 5.10 Å². The number of carbonyl (C=O) groups excluding carboxylic acids is 1. The Kier molecular flexibility index (Phi) is 5.17. The highest BCUT2D eigenvalue weighted by molar-refractivity contribution is 5.96. The molecule has 3 aromatic rings. The van der Waals surface area contributed by atoms with E-state index in [0.717, 1.165) is 28.4 Å². The lowest BCUT2D eigenvalue weighted by atomic mass is 10.2. The third-order valence-electron chi connectivity index (χ3n) is 4.16. The van der Waals surface area contributed by atoms with E-state index in [1.54, 1.807) is 13.3 Å². The van der Waals surface area contributed by atoms with Gasteiger partial charge < -0.3 is 9.30 Å². The van der Waals surface area contributed by atoms with E-state index in [-0.39, 0.29) is 5.91 Å². The van der Waals surface area contributed by atoms with Gasteiger partial charge in [0.25, 0.3) is 5.91 Å². The van der Waals surface area contributed by atoms with Gasteiger partial charge in [-0.3, -0.25) is 4.79 Å². The Hall–Kier alpha value is -3.34. The minimum atomic E-state index is -0.237. The smallest absolute Gasteiger partial charge is 0.273 e. The first kappa shape index (κ1) is 17.5. The molecular weight excluding hydrogens is 326 g/mol. The van der Waals surface area contributed by atoms with Crippen LogP contribution in [0, 0.1) is 13.8 Å². The highest BCUT2D eigenvalue weighted by Gasteiger charge is 2.16. The molecule has 0 aliphatic carbocycles. The fourth-order valence-corrected chi connectivity index (χ4v) is 2.91. The predicted octanol–water partition coefficient (Wildman–Crippen LogP) is 3.87. The van der Waals surface area contributed by atoms with Crippen molar-refractivity contribution in [2.75, 3.05) is 7.11 Å². The Bertz CT molecular complexity index is 943. The highest BCUT2D eigenvalue weighted by atomic mass is 16.5. The number of nitrogens with one attached hydrogen (secondary N) is 1. The lowest BCUT2D eigenvalue weighted by molar-refractivity contribution is 0.0954. The molecule has 1 heterocycles. The Morgan fingerprint density at radius 2 is 1.85 bits per heavy atom. The molecule has 0 aliphatic rings. The van der Waals surface area contributed by atoms with E-state index in [2.05, 4.69) is 15.1 Å². The molecule has 0 bridgehead atoms. The average molecular weight is 347 g/mol. The Labute approximate surface area is 152 Å². The minimum Gasteiger partial charge on any atom is -0.497 e. The summed E-state index contributed by atoms with van der Waals surface area (Å²) in [5, 5.41) is 4.06. The van der Waals surface area contributed by atoms with Gasteiger partial charge >= 0.3 is 0 Å². The second-order valence-electron chi connectivity index (χ2n) is 5.93. The van der Waals surface area contributed by atoms with Gasteiger partial charge in [-0.05, 0) is 49.7 Å². The van der Waals surface area contributed by atoms with E-state index in [1.165, 1.54) is 0 Å². The highest BCUT2D eigenvalue weighted by Crippen LogP contribution is 2.20. The van der Waals surface area contributed by atoms with Crippen molar-refractivity contribution in [1.82, 2.24) is 9.99 Å². The zero-order valence-electron chi connectivity index (χ0n) is 15.1. The molecular formula is C21H21N3O2. The normalized spacial score (nSPS) is 10.9. The number of ether oxygens (including phenoxy) is 1. The van der Waals surface area contributed by atoms with Crippen molar-refractivity contribution in [2.24, 2.45) is 5.10 Å². The van der Waals surface area contributed by atoms with Crippen LogP contribution < -0.4 is 10.2 Å². The summed E-state index contributed by atoms with van der Waals surface area (Å²) in [6, 6.07) is 19.3. The topological polar surface area (TPSA) is 55.6 Å². The molecule has 5 nitrogen and oxygen atoms in total. The molecule has 1 N–H and O–H groups in total. The maximum Gasteiger partial charge on any atom is 0.273 e. The zero-order chi connectivity index (χ0) is 18.5. The predicted molar refractivity (Wildman–Crippen MR) is 103 cm³/mol. The first-order valence-corrected chi connectivity index (χ1v) is 8.32. The van der Waals surface area contributed by atoms with E-state index in [1.807, 2.05) is 74.5 Å². The average Bonchev–Trinajstić information content (AvgIpc) is 2.97. The monoisotopic (exact) mass is 347 g/mol. The Balaban J connectivity index is 1.77. The number of nitrogens with zero attached hydrogens (tertiary/aromatic N) is 2. The molecule has 26 heavy (non-hydrogen) atoms. The van der Waals surface area contributed by atoms with Crippen LogP contribution in [-0.4, -0.2) is 23.8 Å². The molecule has 0 atom stereocenters. The number of hydrogen-bond donors (Lipinski definition) is 1. The number of rotatable bonds is 5. The molecule has 0 unspecified atom stereocenters. The number of methoxy groups -OCH3 is 1. The number of hydrogen-bond acceptors (Lipinski definition) is 3. The third kappa shape index (κ3) is 3.67. The first-order chi connectivity index (χ1) is 12.6. The van der Waals surface area contributed by atoms with Crippen molar-refractivity contribution < 1.29 is 9.53 Å². The van der Waals surface area contributed by atoms with Crippen LogP contribution in [-0.2, 0) is 0 Å². The van der Waals surface area contributed by atoms with Crippen LogP contribution in [0.4, 0.5) is 0 Å². The molecule has 0 spiro atoms. The fraction of sp³-hybridized carbons (Fsp3) is 0.143. The summed E-state index contributed by atoms with van der Waals surface area (Å²) < 4.78 is 7.23. The molecule has 2 aromatic carbocycles. The van der Waals surface area contributed by atoms with Crippen molar-refractivity contribution >= 4 is 12.1 Å². The van der Waals surface area contributed by atoms with Crippen molar-refractivity contribution in [2.45, 2.75) is 13.8 Å². The third-order valence-corrected chi connectivity index (χ3v) is 4.16. The van der Waals surface area contributed by atoms with E-state index >= 15 is 0 Å². The first-order valence-electron chi connectivity index (χ1n) is 8.32. The van der Waals surface area contributed by atoms with Gasteiger partial charge in [-0.15, -0.1) is 0 Å². The SMILES string of the molecule is COc1cccc(/C=N/NC(=O)c2cc(C)n(-c3ccccc3)c2C)c1. The van der Waals surface area contributed by atoms with Gasteiger partial charge in [0.15, 0.2) is 0 Å². The summed E-state index contributed by atoms with van der Waals surface area (Å²) in [7, 11) is 1.61. The van der Waals surface area contributed by atoms with Crippen molar-refractivity contribution in [3.05, 3.63) is 83.2 Å². The maximum absolute atomic E-state index is 12.5. The summed E-state index contributed by atoms with van der Waals surface area (Å²) in [6.45, 7) is 3.91. The molecule has 0 fully saturated rings. The molecule has 1 amide bonds. The summed E-state index contributed by atoms with van der Waals surface area (Å²) in [5.41, 5.74) is 6.95. The largest absolute Gasteiger partial charge is 0.497 e. The molecule has 0 radical (unpaired) electrons. The van der Waals surface area contributed by atoms with E-state index in [4.69, 9.17) is 4.74 Å². The number of benzene rings is 2. The van der Waals surface area contributed by atoms with Gasteiger partial charge in [-0.25, -0.2) is 5.43 Å². The Morgan fingerprint density at radius 3 is 2.58 bits per heavy atom. The molecule has 0 saturated carbocycles. The number of hydrazone groups is 1. The number of aromatic nitrogens is 1. The molecule has 5 heteroatoms. The number of amides is 1. The van der Waals surface area contributed by atoms with Crippen LogP contribution in [0.3, 0.4) is 0 Å². The standard InChI is InChI=1S/C21H21N3O2/c1-15-12-20(16(2)24(15)18-9-5-4-6-10-18)21(25)23-22-14-17-8-7-11-19(13-17)26-3/h4-14H,1-3H3,(H,23,25)/b22-14+. The van der Waals surface area contributed by atoms with Crippen LogP contribution in [0.25, 0.3) is 5.69 Å². The summed E-state index contributed by atoms with van der Waals surface area (Å²) in [6.07, 6.45) is 1.59. The number of aryl methyl sites for hydroxylation is 1. The van der Waals surface area contributed by atoms with Crippen LogP contribution >= 0.6 is 0 Å². The summed E-state index contributed by atoms with van der Waals surface area (Å²) in [4.78, 5) is 12.5. The lowest BCUT2D eigenvalue weighted by Crippen LogP contribution is -2.18. The Morgan fingerprint density at radius 1 is 1.08 bits per heavy atom. The molecule has 1 aromatic heterocycles. The van der Waals surface area contributed by atoms with Gasteiger partial charge in [-0.1, -0.05) is 30.3 Å². The lowest BCUT2D eigenvalue weighted by Gasteiger charge is -2.09.